The molecular weight excluding hydrogens is 272 g/mol. The third-order valence-corrected chi connectivity index (χ3v) is 3.78. The van der Waals surface area contributed by atoms with Gasteiger partial charge < -0.3 is 10.1 Å². The molecule has 104 valence electrons. The van der Waals surface area contributed by atoms with Crippen LogP contribution >= 0.6 is 0 Å². The standard InChI is InChI=1S/C11H14N2O5S/c1-17-4-5-18-13-19(15,16)9-2-3-10-8(6-9)7-11(14)12-10/h2-3,6,13H,4-5,7H2,1H3,(H,12,14). The van der Waals surface area contributed by atoms with Crippen LogP contribution in [-0.2, 0) is 30.8 Å². The van der Waals surface area contributed by atoms with E-state index in [4.69, 9.17) is 9.57 Å². The average Bonchev–Trinajstić information content (AvgIpc) is 2.73. The summed E-state index contributed by atoms with van der Waals surface area (Å²) in [7, 11) is -2.26. The van der Waals surface area contributed by atoms with Crippen molar-refractivity contribution in [3.05, 3.63) is 23.8 Å². The van der Waals surface area contributed by atoms with Crippen LogP contribution in [0.5, 0.6) is 0 Å². The molecule has 0 unspecified atom stereocenters. The lowest BCUT2D eigenvalue weighted by Crippen LogP contribution is -2.25. The Morgan fingerprint density at radius 2 is 2.16 bits per heavy atom. The quantitative estimate of drug-likeness (QED) is 0.569. The van der Waals surface area contributed by atoms with Gasteiger partial charge >= 0.3 is 0 Å². The van der Waals surface area contributed by atoms with Crippen molar-refractivity contribution in [1.29, 1.82) is 0 Å². The first kappa shape index (κ1) is 13.9. The van der Waals surface area contributed by atoms with Crippen molar-refractivity contribution < 1.29 is 22.8 Å². The zero-order chi connectivity index (χ0) is 13.9. The van der Waals surface area contributed by atoms with Crippen molar-refractivity contribution in [2.45, 2.75) is 11.3 Å². The van der Waals surface area contributed by atoms with Crippen LogP contribution in [0.2, 0.25) is 0 Å². The number of sulfonamides is 1. The number of fused-ring (bicyclic) bond motifs is 1. The number of benzene rings is 1. The molecule has 0 fully saturated rings. The van der Waals surface area contributed by atoms with E-state index >= 15 is 0 Å². The van der Waals surface area contributed by atoms with E-state index in [0.29, 0.717) is 11.3 Å². The van der Waals surface area contributed by atoms with Crippen molar-refractivity contribution in [3.8, 4) is 0 Å². The van der Waals surface area contributed by atoms with E-state index in [1.54, 1.807) is 6.07 Å². The van der Waals surface area contributed by atoms with Gasteiger partial charge in [-0.15, -0.1) is 0 Å². The van der Waals surface area contributed by atoms with Crippen LogP contribution in [0, 0.1) is 0 Å². The molecule has 1 aliphatic heterocycles. The molecule has 8 heteroatoms. The summed E-state index contributed by atoms with van der Waals surface area (Å²) in [6.07, 6.45) is 0.184. The molecule has 19 heavy (non-hydrogen) atoms. The number of nitrogens with one attached hydrogen (secondary N) is 2. The second-order valence-corrected chi connectivity index (χ2v) is 5.62. The monoisotopic (exact) mass is 286 g/mol. The van der Waals surface area contributed by atoms with E-state index in [1.807, 2.05) is 4.89 Å². The minimum absolute atomic E-state index is 0.0557. The predicted molar refractivity (Wildman–Crippen MR) is 66.9 cm³/mol. The summed E-state index contributed by atoms with van der Waals surface area (Å²) < 4.78 is 28.5. The maximum absolute atomic E-state index is 11.9. The minimum atomic E-state index is -3.75. The zero-order valence-electron chi connectivity index (χ0n) is 10.3. The summed E-state index contributed by atoms with van der Waals surface area (Å²) in [5.41, 5.74) is 1.30. The largest absolute Gasteiger partial charge is 0.382 e. The second-order valence-electron chi connectivity index (χ2n) is 3.97. The van der Waals surface area contributed by atoms with Gasteiger partial charge in [0.1, 0.15) is 0 Å². The number of anilines is 1. The lowest BCUT2D eigenvalue weighted by atomic mass is 10.2. The normalized spacial score (nSPS) is 14.3. The van der Waals surface area contributed by atoms with Crippen molar-refractivity contribution in [2.24, 2.45) is 0 Å². The van der Waals surface area contributed by atoms with E-state index < -0.39 is 10.0 Å². The smallest absolute Gasteiger partial charge is 0.262 e. The fourth-order valence-electron chi connectivity index (χ4n) is 1.67. The second kappa shape index (κ2) is 5.66. The molecule has 2 rings (SSSR count). The van der Waals surface area contributed by atoms with E-state index in [9.17, 15) is 13.2 Å². The Balaban J connectivity index is 2.09. The molecule has 1 amide bonds. The molecule has 0 spiro atoms. The molecule has 2 N–H and O–H groups in total. The molecule has 1 aromatic carbocycles. The summed E-state index contributed by atoms with van der Waals surface area (Å²) in [4.78, 5) is 18.0. The van der Waals surface area contributed by atoms with E-state index in [1.165, 1.54) is 19.2 Å². The predicted octanol–water partition coefficient (Wildman–Crippen LogP) is 0.0375. The molecule has 1 aliphatic rings. The average molecular weight is 286 g/mol. The van der Waals surface area contributed by atoms with E-state index in [0.717, 1.165) is 0 Å². The van der Waals surface area contributed by atoms with Crippen LogP contribution in [0.3, 0.4) is 0 Å². The first-order chi connectivity index (χ1) is 9.03. The molecule has 0 saturated carbocycles. The van der Waals surface area contributed by atoms with Gasteiger partial charge in [0.15, 0.2) is 0 Å². The third-order valence-electron chi connectivity index (χ3n) is 2.57. The topological polar surface area (TPSA) is 93.7 Å². The summed E-state index contributed by atoms with van der Waals surface area (Å²) >= 11 is 0. The number of rotatable bonds is 6. The van der Waals surface area contributed by atoms with Crippen LogP contribution in [0.25, 0.3) is 0 Å². The fourth-order valence-corrected chi connectivity index (χ4v) is 2.54. The first-order valence-electron chi connectivity index (χ1n) is 5.58. The minimum Gasteiger partial charge on any atom is -0.382 e. The Morgan fingerprint density at radius 1 is 1.37 bits per heavy atom. The lowest BCUT2D eigenvalue weighted by molar-refractivity contribution is -0.115. The van der Waals surface area contributed by atoms with Crippen molar-refractivity contribution in [2.75, 3.05) is 25.6 Å². The molecule has 1 heterocycles. The van der Waals surface area contributed by atoms with Crippen LogP contribution in [0.1, 0.15) is 5.56 Å². The maximum Gasteiger partial charge on any atom is 0.262 e. The highest BCUT2D eigenvalue weighted by molar-refractivity contribution is 7.89. The van der Waals surface area contributed by atoms with Gasteiger partial charge in [-0.05, 0) is 23.8 Å². The van der Waals surface area contributed by atoms with Crippen LogP contribution in [0.4, 0.5) is 5.69 Å². The SMILES string of the molecule is COCCONS(=O)(=O)c1ccc2c(c1)CC(=O)N2. The Kier molecular flexibility index (Phi) is 4.15. The molecule has 0 bridgehead atoms. The fraction of sp³-hybridized carbons (Fsp3) is 0.364. The molecule has 0 aromatic heterocycles. The van der Waals surface area contributed by atoms with E-state index in [2.05, 4.69) is 5.32 Å². The number of carbonyl (C=O) groups excluding carboxylic acids is 1. The lowest BCUT2D eigenvalue weighted by Gasteiger charge is -2.08. The Hall–Kier alpha value is -1.48. The molecule has 1 aromatic rings. The van der Waals surface area contributed by atoms with E-state index in [-0.39, 0.29) is 30.4 Å². The van der Waals surface area contributed by atoms with Crippen molar-refractivity contribution in [3.63, 3.8) is 0 Å². The summed E-state index contributed by atoms with van der Waals surface area (Å²) in [5, 5.41) is 2.63. The van der Waals surface area contributed by atoms with Crippen LogP contribution in [-0.4, -0.2) is 34.6 Å². The number of carbonyl (C=O) groups is 1. The third kappa shape index (κ3) is 3.29. The molecule has 0 radical (unpaired) electrons. The Labute approximate surface area is 110 Å². The highest BCUT2D eigenvalue weighted by Crippen LogP contribution is 2.25. The van der Waals surface area contributed by atoms with Gasteiger partial charge in [0.05, 0.1) is 24.5 Å². The highest BCUT2D eigenvalue weighted by atomic mass is 32.2. The van der Waals surface area contributed by atoms with Crippen molar-refractivity contribution >= 4 is 21.6 Å². The van der Waals surface area contributed by atoms with Crippen LogP contribution in [0.15, 0.2) is 23.1 Å². The van der Waals surface area contributed by atoms with Gasteiger partial charge in [0.2, 0.25) is 5.91 Å². The summed E-state index contributed by atoms with van der Waals surface area (Å²) in [6.45, 7) is 0.395. The number of methoxy groups -OCH3 is 1. The number of hydrogen-bond donors (Lipinski definition) is 2. The number of amides is 1. The van der Waals surface area contributed by atoms with Gasteiger partial charge in [0, 0.05) is 12.8 Å². The molecule has 0 aliphatic carbocycles. The Bertz CT molecular complexity index is 585. The van der Waals surface area contributed by atoms with Crippen LogP contribution < -0.4 is 10.2 Å². The van der Waals surface area contributed by atoms with Gasteiger partial charge in [-0.25, -0.2) is 8.42 Å². The van der Waals surface area contributed by atoms with Gasteiger partial charge in [0.25, 0.3) is 10.0 Å². The molecule has 7 nitrogen and oxygen atoms in total. The number of hydrogen-bond acceptors (Lipinski definition) is 5. The maximum atomic E-state index is 11.9. The van der Waals surface area contributed by atoms with Gasteiger partial charge in [-0.1, -0.05) is 4.89 Å². The zero-order valence-corrected chi connectivity index (χ0v) is 11.1. The van der Waals surface area contributed by atoms with Gasteiger partial charge in [-0.2, -0.15) is 0 Å². The molecule has 0 atom stereocenters. The van der Waals surface area contributed by atoms with Crippen molar-refractivity contribution in [1.82, 2.24) is 4.89 Å². The molecular formula is C11H14N2O5S. The van der Waals surface area contributed by atoms with Gasteiger partial charge in [-0.3, -0.25) is 9.63 Å². The Morgan fingerprint density at radius 3 is 2.89 bits per heavy atom. The highest BCUT2D eigenvalue weighted by Gasteiger charge is 2.21. The first-order valence-corrected chi connectivity index (χ1v) is 7.06. The molecule has 0 saturated heterocycles. The summed E-state index contributed by atoms with van der Waals surface area (Å²) in [6, 6.07) is 4.42. The summed E-state index contributed by atoms with van der Waals surface area (Å²) in [5.74, 6) is -0.145. The number of ether oxygens (including phenoxy) is 1.